The number of sulfonamides is 1. The molecule has 128 valence electrons. The minimum Gasteiger partial charge on any atom is -0.326 e. The SMILES string of the molecule is C[NH+](CC(=O)Nc1ccc(S(N)(=O)=O)cc1)Cc1ccc(Br)cc1. The Morgan fingerprint density at radius 3 is 2.25 bits per heavy atom. The van der Waals surface area contributed by atoms with Crippen LogP contribution in [-0.2, 0) is 21.4 Å². The molecule has 0 aromatic heterocycles. The van der Waals surface area contributed by atoms with Gasteiger partial charge in [0.25, 0.3) is 5.91 Å². The number of quaternary nitrogens is 1. The fraction of sp³-hybridized carbons (Fsp3) is 0.188. The van der Waals surface area contributed by atoms with Crippen LogP contribution in [-0.4, -0.2) is 27.9 Å². The number of primary sulfonamides is 1. The highest BCUT2D eigenvalue weighted by Gasteiger charge is 2.12. The maximum absolute atomic E-state index is 12.1. The van der Waals surface area contributed by atoms with Gasteiger partial charge < -0.3 is 10.2 Å². The summed E-state index contributed by atoms with van der Waals surface area (Å²) in [5, 5.41) is 7.78. The Hall–Kier alpha value is -1.74. The van der Waals surface area contributed by atoms with Gasteiger partial charge in [-0.3, -0.25) is 4.79 Å². The van der Waals surface area contributed by atoms with Crippen molar-refractivity contribution in [3.8, 4) is 0 Å². The summed E-state index contributed by atoms with van der Waals surface area (Å²) in [4.78, 5) is 13.1. The van der Waals surface area contributed by atoms with E-state index in [1.807, 2.05) is 31.3 Å². The maximum atomic E-state index is 12.1. The van der Waals surface area contributed by atoms with Gasteiger partial charge in [-0.05, 0) is 36.4 Å². The van der Waals surface area contributed by atoms with Gasteiger partial charge in [-0.15, -0.1) is 0 Å². The second-order valence-electron chi connectivity index (χ2n) is 5.55. The van der Waals surface area contributed by atoms with Crippen LogP contribution < -0.4 is 15.4 Å². The van der Waals surface area contributed by atoms with Gasteiger partial charge in [-0.1, -0.05) is 28.1 Å². The van der Waals surface area contributed by atoms with Crippen LogP contribution in [0.1, 0.15) is 5.56 Å². The Kier molecular flexibility index (Phi) is 6.11. The van der Waals surface area contributed by atoms with E-state index in [1.54, 1.807) is 0 Å². The number of rotatable bonds is 6. The maximum Gasteiger partial charge on any atom is 0.279 e. The first-order valence-electron chi connectivity index (χ1n) is 7.22. The number of likely N-dealkylation sites (N-methyl/N-ethyl adjacent to an activating group) is 1. The van der Waals surface area contributed by atoms with Crippen LogP contribution in [0, 0.1) is 0 Å². The molecule has 1 unspecified atom stereocenters. The van der Waals surface area contributed by atoms with Crippen LogP contribution in [0.5, 0.6) is 0 Å². The molecule has 2 aromatic rings. The van der Waals surface area contributed by atoms with Crippen molar-refractivity contribution in [2.24, 2.45) is 5.14 Å². The highest BCUT2D eigenvalue weighted by molar-refractivity contribution is 9.10. The molecule has 2 rings (SSSR count). The molecule has 1 atom stereocenters. The lowest BCUT2D eigenvalue weighted by molar-refractivity contribution is -0.885. The monoisotopic (exact) mass is 412 g/mol. The van der Waals surface area contributed by atoms with E-state index >= 15 is 0 Å². The Morgan fingerprint density at radius 2 is 1.71 bits per heavy atom. The summed E-state index contributed by atoms with van der Waals surface area (Å²) < 4.78 is 23.4. The van der Waals surface area contributed by atoms with Crippen LogP contribution in [0.15, 0.2) is 57.9 Å². The van der Waals surface area contributed by atoms with Crippen molar-refractivity contribution in [3.05, 3.63) is 58.6 Å². The minimum absolute atomic E-state index is 0.0125. The van der Waals surface area contributed by atoms with Gasteiger partial charge in [0.2, 0.25) is 10.0 Å². The number of hydrogen-bond donors (Lipinski definition) is 3. The Bertz CT molecular complexity index is 805. The number of benzene rings is 2. The lowest BCUT2D eigenvalue weighted by atomic mass is 10.2. The van der Waals surface area contributed by atoms with E-state index in [4.69, 9.17) is 5.14 Å². The van der Waals surface area contributed by atoms with E-state index < -0.39 is 10.0 Å². The average Bonchev–Trinajstić information content (AvgIpc) is 2.49. The number of amides is 1. The largest absolute Gasteiger partial charge is 0.326 e. The van der Waals surface area contributed by atoms with Crippen LogP contribution >= 0.6 is 15.9 Å². The second kappa shape index (κ2) is 7.89. The molecule has 0 radical (unpaired) electrons. The zero-order valence-corrected chi connectivity index (χ0v) is 15.5. The molecule has 0 aliphatic carbocycles. The lowest BCUT2D eigenvalue weighted by Crippen LogP contribution is -3.08. The molecule has 24 heavy (non-hydrogen) atoms. The predicted molar refractivity (Wildman–Crippen MR) is 96.0 cm³/mol. The number of hydrogen-bond acceptors (Lipinski definition) is 3. The molecule has 0 heterocycles. The zero-order valence-electron chi connectivity index (χ0n) is 13.1. The third kappa shape index (κ3) is 5.72. The molecule has 0 saturated carbocycles. The Labute approximate surface area is 149 Å². The minimum atomic E-state index is -3.72. The van der Waals surface area contributed by atoms with E-state index in [9.17, 15) is 13.2 Å². The lowest BCUT2D eigenvalue weighted by Gasteiger charge is -2.14. The summed E-state index contributed by atoms with van der Waals surface area (Å²) >= 11 is 3.39. The van der Waals surface area contributed by atoms with Crippen LogP contribution in [0.4, 0.5) is 5.69 Å². The van der Waals surface area contributed by atoms with E-state index in [-0.39, 0.29) is 10.8 Å². The molecule has 0 fully saturated rings. The van der Waals surface area contributed by atoms with Crippen molar-refractivity contribution < 1.29 is 18.1 Å². The van der Waals surface area contributed by atoms with Gasteiger partial charge in [0.1, 0.15) is 6.54 Å². The summed E-state index contributed by atoms with van der Waals surface area (Å²) in [7, 11) is -1.79. The zero-order chi connectivity index (χ0) is 17.7. The number of carbonyl (C=O) groups excluding carboxylic acids is 1. The van der Waals surface area contributed by atoms with Crippen molar-refractivity contribution in [1.29, 1.82) is 0 Å². The van der Waals surface area contributed by atoms with Gasteiger partial charge in [0, 0.05) is 15.7 Å². The molecule has 0 aliphatic rings. The third-order valence-electron chi connectivity index (χ3n) is 3.35. The van der Waals surface area contributed by atoms with E-state index in [2.05, 4.69) is 21.2 Å². The number of nitrogens with one attached hydrogen (secondary N) is 2. The number of carbonyl (C=O) groups is 1. The fourth-order valence-corrected chi connectivity index (χ4v) is 3.00. The van der Waals surface area contributed by atoms with Crippen molar-refractivity contribution in [2.45, 2.75) is 11.4 Å². The number of anilines is 1. The summed E-state index contributed by atoms with van der Waals surface area (Å²) in [5.74, 6) is -0.145. The fourth-order valence-electron chi connectivity index (χ4n) is 2.22. The molecule has 4 N–H and O–H groups in total. The van der Waals surface area contributed by atoms with Crippen molar-refractivity contribution in [2.75, 3.05) is 18.9 Å². The molecule has 1 amide bonds. The van der Waals surface area contributed by atoms with Crippen molar-refractivity contribution in [1.82, 2.24) is 0 Å². The van der Waals surface area contributed by atoms with Gasteiger partial charge >= 0.3 is 0 Å². The molecular weight excluding hydrogens is 394 g/mol. The van der Waals surface area contributed by atoms with E-state index in [0.29, 0.717) is 12.2 Å². The van der Waals surface area contributed by atoms with Gasteiger partial charge in [-0.2, -0.15) is 0 Å². The predicted octanol–water partition coefficient (Wildman–Crippen LogP) is 0.750. The van der Waals surface area contributed by atoms with Crippen molar-refractivity contribution in [3.63, 3.8) is 0 Å². The second-order valence-corrected chi connectivity index (χ2v) is 8.03. The summed E-state index contributed by atoms with van der Waals surface area (Å²) in [6.45, 7) is 1.03. The quantitative estimate of drug-likeness (QED) is 0.653. The standard InChI is InChI=1S/C16H18BrN3O3S/c1-20(10-12-2-4-13(17)5-3-12)11-16(21)19-14-6-8-15(9-7-14)24(18,22)23/h2-9H,10-11H2,1H3,(H,19,21)(H2,18,22,23)/p+1. The third-order valence-corrected chi connectivity index (χ3v) is 4.81. The molecule has 8 heteroatoms. The molecule has 0 aliphatic heterocycles. The van der Waals surface area contributed by atoms with Crippen LogP contribution in [0.2, 0.25) is 0 Å². The van der Waals surface area contributed by atoms with Gasteiger partial charge in [0.15, 0.2) is 6.54 Å². The van der Waals surface area contributed by atoms with Gasteiger partial charge in [0.05, 0.1) is 11.9 Å². The highest BCUT2D eigenvalue weighted by Crippen LogP contribution is 2.12. The summed E-state index contributed by atoms with van der Waals surface area (Å²) in [6, 6.07) is 13.7. The first-order valence-corrected chi connectivity index (χ1v) is 9.56. The molecule has 0 saturated heterocycles. The van der Waals surface area contributed by atoms with Gasteiger partial charge in [-0.25, -0.2) is 13.6 Å². The van der Waals surface area contributed by atoms with Crippen LogP contribution in [0.3, 0.4) is 0 Å². The molecule has 2 aromatic carbocycles. The topological polar surface area (TPSA) is 93.7 Å². The first kappa shape index (κ1) is 18.6. The highest BCUT2D eigenvalue weighted by atomic mass is 79.9. The number of nitrogens with two attached hydrogens (primary N) is 1. The summed E-state index contributed by atoms with van der Waals surface area (Å²) in [6.07, 6.45) is 0. The summed E-state index contributed by atoms with van der Waals surface area (Å²) in [5.41, 5.74) is 1.67. The normalized spacial score (nSPS) is 12.6. The molecule has 0 bridgehead atoms. The molecule has 6 nitrogen and oxygen atoms in total. The van der Waals surface area contributed by atoms with E-state index in [1.165, 1.54) is 24.3 Å². The van der Waals surface area contributed by atoms with Crippen LogP contribution in [0.25, 0.3) is 0 Å². The Balaban J connectivity index is 1.89. The Morgan fingerprint density at radius 1 is 1.12 bits per heavy atom. The van der Waals surface area contributed by atoms with Crippen molar-refractivity contribution >= 4 is 37.5 Å². The number of halogens is 1. The average molecular weight is 413 g/mol. The van der Waals surface area contributed by atoms with E-state index in [0.717, 1.165) is 21.5 Å². The first-order chi connectivity index (χ1) is 11.2. The smallest absolute Gasteiger partial charge is 0.279 e. The molecule has 0 spiro atoms. The molecular formula is C16H19BrN3O3S+.